The summed E-state index contributed by atoms with van der Waals surface area (Å²) < 4.78 is 15.0. The lowest BCUT2D eigenvalue weighted by Crippen LogP contribution is -2.29. The fourth-order valence-corrected chi connectivity index (χ4v) is 3.22. The number of nitrogens with zero attached hydrogens (tertiary/aromatic N) is 2. The third-order valence-corrected chi connectivity index (χ3v) is 4.37. The van der Waals surface area contributed by atoms with E-state index in [4.69, 9.17) is 5.73 Å². The highest BCUT2D eigenvalue weighted by molar-refractivity contribution is 7.22. The standard InChI is InChI=1S/C16H16FN3S/c17-13-6-2-1-5-12(13)11-20(10-9-18)16-19-14-7-3-4-8-15(14)21-16/h1-8H,9-11,18H2. The molecule has 1 aromatic heterocycles. The van der Waals surface area contributed by atoms with Crippen molar-refractivity contribution in [1.82, 2.24) is 4.98 Å². The molecule has 0 amide bonds. The van der Waals surface area contributed by atoms with Crippen molar-refractivity contribution in [2.24, 2.45) is 5.73 Å². The Morgan fingerprint density at radius 3 is 2.62 bits per heavy atom. The van der Waals surface area contributed by atoms with Gasteiger partial charge in [-0.25, -0.2) is 9.37 Å². The van der Waals surface area contributed by atoms with Gasteiger partial charge >= 0.3 is 0 Å². The molecule has 0 unspecified atom stereocenters. The zero-order chi connectivity index (χ0) is 14.7. The van der Waals surface area contributed by atoms with Crippen LogP contribution in [0.15, 0.2) is 48.5 Å². The third-order valence-electron chi connectivity index (χ3n) is 3.27. The smallest absolute Gasteiger partial charge is 0.186 e. The van der Waals surface area contributed by atoms with Gasteiger partial charge < -0.3 is 10.6 Å². The number of thiazole rings is 1. The summed E-state index contributed by atoms with van der Waals surface area (Å²) in [6, 6.07) is 14.8. The van der Waals surface area contributed by atoms with Gasteiger partial charge in [0.05, 0.1) is 10.2 Å². The monoisotopic (exact) mass is 301 g/mol. The summed E-state index contributed by atoms with van der Waals surface area (Å²) in [6.45, 7) is 1.63. The number of benzene rings is 2. The van der Waals surface area contributed by atoms with Gasteiger partial charge in [-0.15, -0.1) is 0 Å². The van der Waals surface area contributed by atoms with Crippen LogP contribution in [0, 0.1) is 5.82 Å². The summed E-state index contributed by atoms with van der Waals surface area (Å²) in [5, 5.41) is 0.880. The lowest BCUT2D eigenvalue weighted by Gasteiger charge is -2.21. The highest BCUT2D eigenvalue weighted by Crippen LogP contribution is 2.29. The van der Waals surface area contributed by atoms with Gasteiger partial charge in [-0.05, 0) is 18.2 Å². The summed E-state index contributed by atoms with van der Waals surface area (Å²) in [7, 11) is 0. The van der Waals surface area contributed by atoms with Crippen molar-refractivity contribution >= 4 is 26.7 Å². The van der Waals surface area contributed by atoms with Crippen LogP contribution in [-0.4, -0.2) is 18.1 Å². The molecule has 21 heavy (non-hydrogen) atoms. The van der Waals surface area contributed by atoms with Gasteiger partial charge in [0.1, 0.15) is 5.82 Å². The van der Waals surface area contributed by atoms with E-state index in [0.29, 0.717) is 25.2 Å². The molecule has 5 heteroatoms. The van der Waals surface area contributed by atoms with E-state index in [9.17, 15) is 4.39 Å². The fourth-order valence-electron chi connectivity index (χ4n) is 2.23. The van der Waals surface area contributed by atoms with E-state index in [-0.39, 0.29) is 5.82 Å². The molecule has 2 N–H and O–H groups in total. The first-order valence-electron chi connectivity index (χ1n) is 6.82. The molecule has 3 aromatic rings. The third kappa shape index (κ3) is 3.04. The zero-order valence-corrected chi connectivity index (χ0v) is 12.3. The van der Waals surface area contributed by atoms with Crippen LogP contribution >= 0.6 is 11.3 Å². The number of hydrogen-bond donors (Lipinski definition) is 1. The maximum absolute atomic E-state index is 13.8. The summed E-state index contributed by atoms with van der Waals surface area (Å²) in [6.07, 6.45) is 0. The van der Waals surface area contributed by atoms with Gasteiger partial charge in [0, 0.05) is 25.2 Å². The van der Waals surface area contributed by atoms with E-state index in [1.54, 1.807) is 23.5 Å². The highest BCUT2D eigenvalue weighted by atomic mass is 32.1. The molecule has 0 atom stereocenters. The maximum atomic E-state index is 13.8. The fraction of sp³-hybridized carbons (Fsp3) is 0.188. The first kappa shape index (κ1) is 14.0. The number of halogens is 1. The van der Waals surface area contributed by atoms with Gasteiger partial charge in [0.25, 0.3) is 0 Å². The molecular formula is C16H16FN3S. The largest absolute Gasteiger partial charge is 0.342 e. The minimum Gasteiger partial charge on any atom is -0.342 e. The summed E-state index contributed by atoms with van der Waals surface area (Å²) in [5.41, 5.74) is 7.32. The Hall–Kier alpha value is -1.98. The first-order valence-corrected chi connectivity index (χ1v) is 7.63. The molecular weight excluding hydrogens is 285 g/mol. The van der Waals surface area contributed by atoms with Gasteiger partial charge in [-0.1, -0.05) is 41.7 Å². The molecule has 0 saturated heterocycles. The van der Waals surface area contributed by atoms with Crippen molar-refractivity contribution in [3.63, 3.8) is 0 Å². The van der Waals surface area contributed by atoms with Crippen molar-refractivity contribution in [2.45, 2.75) is 6.54 Å². The number of hydrogen-bond acceptors (Lipinski definition) is 4. The van der Waals surface area contributed by atoms with E-state index in [1.807, 2.05) is 35.2 Å². The molecule has 3 nitrogen and oxygen atoms in total. The Morgan fingerprint density at radius 1 is 1.10 bits per heavy atom. The molecule has 0 saturated carbocycles. The van der Waals surface area contributed by atoms with E-state index < -0.39 is 0 Å². The predicted octanol–water partition coefficient (Wildman–Crippen LogP) is 3.40. The second kappa shape index (κ2) is 6.20. The minimum atomic E-state index is -0.194. The first-order chi connectivity index (χ1) is 10.3. The second-order valence-corrected chi connectivity index (χ2v) is 5.77. The molecule has 2 aromatic carbocycles. The van der Waals surface area contributed by atoms with Crippen molar-refractivity contribution in [2.75, 3.05) is 18.0 Å². The molecule has 0 aliphatic heterocycles. The number of fused-ring (bicyclic) bond motifs is 1. The van der Waals surface area contributed by atoms with Crippen molar-refractivity contribution < 1.29 is 4.39 Å². The lowest BCUT2D eigenvalue weighted by molar-refractivity contribution is 0.604. The summed E-state index contributed by atoms with van der Waals surface area (Å²) in [4.78, 5) is 6.65. The SMILES string of the molecule is NCCN(Cc1ccccc1F)c1nc2ccccc2s1. The molecule has 108 valence electrons. The molecule has 0 spiro atoms. The minimum absolute atomic E-state index is 0.194. The Labute approximate surface area is 126 Å². The van der Waals surface area contributed by atoms with Gasteiger partial charge in [-0.2, -0.15) is 0 Å². The number of anilines is 1. The van der Waals surface area contributed by atoms with E-state index in [0.717, 1.165) is 15.3 Å². The van der Waals surface area contributed by atoms with E-state index in [2.05, 4.69) is 4.98 Å². The number of para-hydroxylation sites is 1. The number of nitrogens with two attached hydrogens (primary N) is 1. The lowest BCUT2D eigenvalue weighted by atomic mass is 10.2. The van der Waals surface area contributed by atoms with Crippen LogP contribution in [-0.2, 0) is 6.54 Å². The highest BCUT2D eigenvalue weighted by Gasteiger charge is 2.13. The number of rotatable bonds is 5. The van der Waals surface area contributed by atoms with Crippen LogP contribution in [0.5, 0.6) is 0 Å². The Kier molecular flexibility index (Phi) is 4.13. The molecule has 1 heterocycles. The van der Waals surface area contributed by atoms with Crippen LogP contribution in [0.2, 0.25) is 0 Å². The number of aromatic nitrogens is 1. The normalized spacial score (nSPS) is 11.0. The predicted molar refractivity (Wildman–Crippen MR) is 86.1 cm³/mol. The summed E-state index contributed by atoms with van der Waals surface area (Å²) in [5.74, 6) is -0.194. The van der Waals surface area contributed by atoms with Gasteiger partial charge in [0.15, 0.2) is 5.13 Å². The van der Waals surface area contributed by atoms with Gasteiger partial charge in [0.2, 0.25) is 0 Å². The molecule has 0 bridgehead atoms. The second-order valence-electron chi connectivity index (χ2n) is 4.77. The van der Waals surface area contributed by atoms with Crippen LogP contribution in [0.3, 0.4) is 0 Å². The van der Waals surface area contributed by atoms with E-state index in [1.165, 1.54) is 6.07 Å². The van der Waals surface area contributed by atoms with Crippen LogP contribution in [0.25, 0.3) is 10.2 Å². The summed E-state index contributed by atoms with van der Waals surface area (Å²) >= 11 is 1.61. The molecule has 0 fully saturated rings. The Morgan fingerprint density at radius 2 is 1.86 bits per heavy atom. The van der Waals surface area contributed by atoms with Crippen LogP contribution < -0.4 is 10.6 Å². The zero-order valence-electron chi connectivity index (χ0n) is 11.5. The van der Waals surface area contributed by atoms with Crippen LogP contribution in [0.1, 0.15) is 5.56 Å². The maximum Gasteiger partial charge on any atom is 0.186 e. The molecule has 0 aliphatic carbocycles. The average Bonchev–Trinajstić information content (AvgIpc) is 2.93. The average molecular weight is 301 g/mol. The van der Waals surface area contributed by atoms with Crippen molar-refractivity contribution in [3.8, 4) is 0 Å². The van der Waals surface area contributed by atoms with E-state index >= 15 is 0 Å². The topological polar surface area (TPSA) is 42.1 Å². The quantitative estimate of drug-likeness (QED) is 0.785. The Bertz CT molecular complexity index is 708. The van der Waals surface area contributed by atoms with Gasteiger partial charge in [-0.3, -0.25) is 0 Å². The van der Waals surface area contributed by atoms with Crippen molar-refractivity contribution in [1.29, 1.82) is 0 Å². The van der Waals surface area contributed by atoms with Crippen molar-refractivity contribution in [3.05, 3.63) is 59.9 Å². The molecule has 0 radical (unpaired) electrons. The Balaban J connectivity index is 1.92. The van der Waals surface area contributed by atoms with Crippen LogP contribution in [0.4, 0.5) is 9.52 Å². The molecule has 0 aliphatic rings. The molecule has 3 rings (SSSR count).